The molecule has 0 unspecified atom stereocenters. The Morgan fingerprint density at radius 1 is 1.11 bits per heavy atom. The molecule has 3 rings (SSSR count). The lowest BCUT2D eigenvalue weighted by Gasteiger charge is -2.11. The lowest BCUT2D eigenvalue weighted by molar-refractivity contribution is -0.142. The summed E-state index contributed by atoms with van der Waals surface area (Å²) in [6.45, 7) is -0.264. The Morgan fingerprint density at radius 3 is 2.68 bits per heavy atom. The number of rotatable bonds is 7. The van der Waals surface area contributed by atoms with Crippen LogP contribution in [0.3, 0.4) is 0 Å². The van der Waals surface area contributed by atoms with E-state index in [9.17, 15) is 9.59 Å². The summed E-state index contributed by atoms with van der Waals surface area (Å²) >= 11 is 1.21. The monoisotopic (exact) mass is 400 g/mol. The van der Waals surface area contributed by atoms with Gasteiger partial charge in [0.25, 0.3) is 5.91 Å². The summed E-state index contributed by atoms with van der Waals surface area (Å²) in [4.78, 5) is 27.9. The fourth-order valence-corrected chi connectivity index (χ4v) is 2.87. The fourth-order valence-electron chi connectivity index (χ4n) is 2.16. The lowest BCUT2D eigenvalue weighted by atomic mass is 10.2. The molecule has 2 aromatic heterocycles. The quantitative estimate of drug-likeness (QED) is 0.602. The number of amides is 1. The number of nitrogens with zero attached hydrogens (tertiary/aromatic N) is 3. The minimum absolute atomic E-state index is 0.264. The number of hydrogen-bond acceptors (Lipinski definition) is 9. The van der Waals surface area contributed by atoms with Gasteiger partial charge in [0.1, 0.15) is 5.69 Å². The van der Waals surface area contributed by atoms with Crippen molar-refractivity contribution in [3.8, 4) is 22.2 Å². The van der Waals surface area contributed by atoms with Crippen LogP contribution >= 0.6 is 11.3 Å². The Bertz CT molecular complexity index is 977. The first-order chi connectivity index (χ1) is 13.6. The van der Waals surface area contributed by atoms with E-state index in [-0.39, 0.29) is 12.5 Å². The number of methoxy groups -OCH3 is 2. The van der Waals surface area contributed by atoms with Crippen molar-refractivity contribution in [2.75, 3.05) is 26.1 Å². The molecule has 0 radical (unpaired) electrons. The van der Waals surface area contributed by atoms with Gasteiger partial charge in [-0.15, -0.1) is 10.2 Å². The highest BCUT2D eigenvalue weighted by molar-refractivity contribution is 7.18. The second-order valence-corrected chi connectivity index (χ2v) is 6.29. The second kappa shape index (κ2) is 8.91. The molecule has 1 N–H and O–H groups in total. The van der Waals surface area contributed by atoms with Gasteiger partial charge in [0, 0.05) is 11.8 Å². The van der Waals surface area contributed by atoms with Crippen molar-refractivity contribution >= 4 is 28.3 Å². The lowest BCUT2D eigenvalue weighted by Crippen LogP contribution is -2.14. The molecule has 1 amide bonds. The van der Waals surface area contributed by atoms with Crippen LogP contribution < -0.4 is 14.8 Å². The van der Waals surface area contributed by atoms with E-state index in [2.05, 4.69) is 25.2 Å². The van der Waals surface area contributed by atoms with Crippen molar-refractivity contribution in [2.24, 2.45) is 0 Å². The van der Waals surface area contributed by atoms with Gasteiger partial charge in [-0.25, -0.2) is 4.79 Å². The first-order valence-corrected chi connectivity index (χ1v) is 8.86. The largest absolute Gasteiger partial charge is 0.493 e. The first kappa shape index (κ1) is 19.2. The Kier molecular flexibility index (Phi) is 6.12. The minimum Gasteiger partial charge on any atom is -0.493 e. The minimum atomic E-state index is -0.524. The molecule has 0 aliphatic heterocycles. The molecule has 3 aromatic rings. The first-order valence-electron chi connectivity index (χ1n) is 8.04. The van der Waals surface area contributed by atoms with Gasteiger partial charge in [0.2, 0.25) is 5.13 Å². The van der Waals surface area contributed by atoms with Crippen LogP contribution in [0.1, 0.15) is 10.4 Å². The number of ether oxygens (including phenoxy) is 3. The third-order valence-corrected chi connectivity index (χ3v) is 4.39. The van der Waals surface area contributed by atoms with Gasteiger partial charge in [-0.2, -0.15) is 0 Å². The molecule has 0 aliphatic carbocycles. The molecule has 1 aromatic carbocycles. The number of pyridine rings is 1. The number of nitrogens with one attached hydrogen (secondary N) is 1. The van der Waals surface area contributed by atoms with Crippen LogP contribution in [0.25, 0.3) is 10.7 Å². The maximum Gasteiger partial charge on any atom is 0.343 e. The molecule has 28 heavy (non-hydrogen) atoms. The maximum atomic E-state index is 12.5. The molecule has 0 atom stereocenters. The predicted octanol–water partition coefficient (Wildman–Crippen LogP) is 2.41. The molecule has 0 aliphatic rings. The van der Waals surface area contributed by atoms with Crippen LogP contribution in [0.5, 0.6) is 11.5 Å². The van der Waals surface area contributed by atoms with Gasteiger partial charge >= 0.3 is 5.97 Å². The smallest absolute Gasteiger partial charge is 0.343 e. The SMILES string of the molecule is COC(=O)COc1ccc(C(=O)Nc2nnc(-c3ccccn3)s2)cc1OC. The van der Waals surface area contributed by atoms with Crippen molar-refractivity contribution in [1.82, 2.24) is 15.2 Å². The van der Waals surface area contributed by atoms with Crippen molar-refractivity contribution in [2.45, 2.75) is 0 Å². The maximum absolute atomic E-state index is 12.5. The van der Waals surface area contributed by atoms with E-state index in [0.29, 0.717) is 32.9 Å². The van der Waals surface area contributed by atoms with Crippen LogP contribution in [-0.2, 0) is 9.53 Å². The van der Waals surface area contributed by atoms with Gasteiger partial charge in [0.05, 0.1) is 14.2 Å². The van der Waals surface area contributed by atoms with Crippen molar-refractivity contribution in [3.63, 3.8) is 0 Å². The van der Waals surface area contributed by atoms with Crippen LogP contribution in [0.2, 0.25) is 0 Å². The van der Waals surface area contributed by atoms with Gasteiger partial charge in [-0.1, -0.05) is 17.4 Å². The standard InChI is InChI=1S/C18H16N4O5S/c1-25-14-9-11(6-7-13(14)27-10-15(23)26-2)16(24)20-18-22-21-17(28-18)12-5-3-4-8-19-12/h3-9H,10H2,1-2H3,(H,20,22,24). The summed E-state index contributed by atoms with van der Waals surface area (Å²) in [6, 6.07) is 10.0. The highest BCUT2D eigenvalue weighted by Gasteiger charge is 2.15. The zero-order chi connectivity index (χ0) is 19.9. The topological polar surface area (TPSA) is 113 Å². The molecule has 0 bridgehead atoms. The third kappa shape index (κ3) is 4.60. The number of aromatic nitrogens is 3. The molecule has 0 spiro atoms. The number of anilines is 1. The van der Waals surface area contributed by atoms with E-state index >= 15 is 0 Å². The highest BCUT2D eigenvalue weighted by Crippen LogP contribution is 2.29. The molecule has 0 saturated heterocycles. The summed E-state index contributed by atoms with van der Waals surface area (Å²) in [5.74, 6) is -0.286. The van der Waals surface area contributed by atoms with E-state index in [1.54, 1.807) is 18.3 Å². The fraction of sp³-hybridized carbons (Fsp3) is 0.167. The summed E-state index contributed by atoms with van der Waals surface area (Å²) in [5, 5.41) is 11.6. The van der Waals surface area contributed by atoms with Crippen molar-refractivity contribution < 1.29 is 23.8 Å². The Labute approximate surface area is 164 Å². The molecule has 0 fully saturated rings. The van der Waals surface area contributed by atoms with E-state index in [0.717, 1.165) is 0 Å². The van der Waals surface area contributed by atoms with Crippen molar-refractivity contribution in [3.05, 3.63) is 48.2 Å². The Morgan fingerprint density at radius 2 is 1.96 bits per heavy atom. The predicted molar refractivity (Wildman–Crippen MR) is 102 cm³/mol. The molecule has 0 saturated carbocycles. The van der Waals surface area contributed by atoms with Crippen LogP contribution in [0.4, 0.5) is 5.13 Å². The third-order valence-electron chi connectivity index (χ3n) is 3.53. The van der Waals surface area contributed by atoms with Crippen LogP contribution in [0, 0.1) is 0 Å². The number of carbonyl (C=O) groups excluding carboxylic acids is 2. The van der Waals surface area contributed by atoms with E-state index in [4.69, 9.17) is 9.47 Å². The van der Waals surface area contributed by atoms with E-state index in [1.165, 1.54) is 37.7 Å². The zero-order valence-electron chi connectivity index (χ0n) is 15.0. The average molecular weight is 400 g/mol. The second-order valence-electron chi connectivity index (χ2n) is 5.31. The Balaban J connectivity index is 1.70. The number of carbonyl (C=O) groups is 2. The average Bonchev–Trinajstić information content (AvgIpc) is 3.20. The molecular weight excluding hydrogens is 384 g/mol. The number of esters is 1. The summed E-state index contributed by atoms with van der Waals surface area (Å²) in [5.41, 5.74) is 1.01. The van der Waals surface area contributed by atoms with E-state index in [1.807, 2.05) is 12.1 Å². The summed E-state index contributed by atoms with van der Waals surface area (Å²) in [6.07, 6.45) is 1.66. The van der Waals surface area contributed by atoms with Crippen LogP contribution in [0.15, 0.2) is 42.6 Å². The summed E-state index contributed by atoms with van der Waals surface area (Å²) < 4.78 is 15.1. The van der Waals surface area contributed by atoms with Gasteiger partial charge in [-0.3, -0.25) is 15.1 Å². The normalized spacial score (nSPS) is 10.2. The summed E-state index contributed by atoms with van der Waals surface area (Å²) in [7, 11) is 2.70. The number of hydrogen-bond donors (Lipinski definition) is 1. The van der Waals surface area contributed by atoms with E-state index < -0.39 is 5.97 Å². The van der Waals surface area contributed by atoms with Gasteiger partial charge in [-0.05, 0) is 30.3 Å². The zero-order valence-corrected chi connectivity index (χ0v) is 15.9. The van der Waals surface area contributed by atoms with Crippen LogP contribution in [-0.4, -0.2) is 47.9 Å². The molecule has 9 nitrogen and oxygen atoms in total. The van der Waals surface area contributed by atoms with Gasteiger partial charge in [0.15, 0.2) is 23.1 Å². The Hall–Kier alpha value is -3.53. The highest BCUT2D eigenvalue weighted by atomic mass is 32.1. The molecule has 10 heteroatoms. The van der Waals surface area contributed by atoms with Crippen molar-refractivity contribution in [1.29, 1.82) is 0 Å². The molecule has 144 valence electrons. The molecular formula is C18H16N4O5S. The molecule has 2 heterocycles. The number of benzene rings is 1. The van der Waals surface area contributed by atoms with Gasteiger partial charge < -0.3 is 14.2 Å².